The summed E-state index contributed by atoms with van der Waals surface area (Å²) in [5, 5.41) is 0. The predicted octanol–water partition coefficient (Wildman–Crippen LogP) is 3.86. The van der Waals surface area contributed by atoms with E-state index in [2.05, 4.69) is 0 Å². The molecule has 0 radical (unpaired) electrons. The average molecular weight is 252 g/mol. The van der Waals surface area contributed by atoms with Crippen LogP contribution in [0.15, 0.2) is 0 Å². The molecule has 98 valence electrons. The van der Waals surface area contributed by atoms with E-state index < -0.39 is 7.82 Å². The van der Waals surface area contributed by atoms with Gasteiger partial charge in [0.2, 0.25) is 0 Å². The fourth-order valence-corrected chi connectivity index (χ4v) is 2.51. The summed E-state index contributed by atoms with van der Waals surface area (Å²) in [5.41, 5.74) is 0. The first kappa shape index (κ1) is 16.1. The highest BCUT2D eigenvalue weighted by Crippen LogP contribution is 2.51. The Hall–Kier alpha value is 0.110. The van der Waals surface area contributed by atoms with Crippen LogP contribution < -0.4 is 0 Å². The van der Waals surface area contributed by atoms with Crippen molar-refractivity contribution < 1.29 is 18.1 Å². The predicted molar refractivity (Wildman–Crippen MR) is 65.4 cm³/mol. The summed E-state index contributed by atoms with van der Waals surface area (Å²) in [5.74, 6) is 0.596. The van der Waals surface area contributed by atoms with Gasteiger partial charge in [-0.25, -0.2) is 4.57 Å². The Balaban J connectivity index is 4.30. The number of hydrogen-bond acceptors (Lipinski definition) is 4. The lowest BCUT2D eigenvalue weighted by molar-refractivity contribution is 0.0767. The maximum Gasteiger partial charge on any atom is 0.475 e. The summed E-state index contributed by atoms with van der Waals surface area (Å²) >= 11 is 0. The molecule has 0 heterocycles. The maximum absolute atomic E-state index is 12.2. The molecule has 0 aliphatic heterocycles. The first-order valence-corrected chi connectivity index (χ1v) is 7.28. The molecule has 0 aliphatic rings. The van der Waals surface area contributed by atoms with E-state index in [1.54, 1.807) is 0 Å². The molecule has 0 bridgehead atoms. The molecule has 0 fully saturated rings. The first-order chi connectivity index (χ1) is 7.25. The van der Waals surface area contributed by atoms with Crippen molar-refractivity contribution >= 4 is 7.82 Å². The van der Waals surface area contributed by atoms with E-state index >= 15 is 0 Å². The minimum absolute atomic E-state index is 0.176. The second-order valence-corrected chi connectivity index (χ2v) is 6.60. The Morgan fingerprint density at radius 2 is 1.25 bits per heavy atom. The van der Waals surface area contributed by atoms with Crippen LogP contribution in [0.25, 0.3) is 0 Å². The molecule has 0 atom stereocenters. The summed E-state index contributed by atoms with van der Waals surface area (Å²) in [4.78, 5) is 0. The molecule has 0 saturated heterocycles. The number of phosphoric acid groups is 1. The quantitative estimate of drug-likeness (QED) is 0.615. The lowest BCUT2D eigenvalue weighted by atomic mass is 10.2. The van der Waals surface area contributed by atoms with Crippen molar-refractivity contribution in [3.63, 3.8) is 0 Å². The fraction of sp³-hybridized carbons (Fsp3) is 1.00. The summed E-state index contributed by atoms with van der Waals surface area (Å²) in [6, 6.07) is 0. The van der Waals surface area contributed by atoms with Gasteiger partial charge in [-0.1, -0.05) is 27.7 Å². The Morgan fingerprint density at radius 1 is 0.875 bits per heavy atom. The molecule has 0 aromatic rings. The summed E-state index contributed by atoms with van der Waals surface area (Å²) in [6.45, 7) is 12.3. The molecular weight excluding hydrogens is 227 g/mol. The van der Waals surface area contributed by atoms with Gasteiger partial charge in [0.1, 0.15) is 0 Å². The molecule has 0 aliphatic carbocycles. The van der Waals surface area contributed by atoms with E-state index in [0.717, 1.165) is 0 Å². The van der Waals surface area contributed by atoms with Gasteiger partial charge < -0.3 is 0 Å². The van der Waals surface area contributed by atoms with Gasteiger partial charge >= 0.3 is 7.82 Å². The van der Waals surface area contributed by atoms with Crippen LogP contribution in [0.3, 0.4) is 0 Å². The Morgan fingerprint density at radius 3 is 1.50 bits per heavy atom. The normalized spacial score (nSPS) is 13.1. The van der Waals surface area contributed by atoms with Crippen molar-refractivity contribution in [3.8, 4) is 0 Å². The molecule has 0 unspecified atom stereocenters. The molecule has 0 rings (SSSR count). The molecule has 0 aromatic carbocycles. The number of phosphoric ester groups is 1. The van der Waals surface area contributed by atoms with Crippen molar-refractivity contribution in [3.05, 3.63) is 0 Å². The Bertz CT molecular complexity index is 210. The summed E-state index contributed by atoms with van der Waals surface area (Å²) in [6.07, 6.45) is -0.176. The standard InChI is InChI=1S/C11H25O4P/c1-9(2)7-13-16(12,15-11(5)6)14-8-10(3)4/h9-11H,7-8H2,1-6H3. The van der Waals surface area contributed by atoms with Gasteiger partial charge in [0.15, 0.2) is 0 Å². The van der Waals surface area contributed by atoms with Crippen LogP contribution in [0.1, 0.15) is 41.5 Å². The minimum atomic E-state index is -3.38. The van der Waals surface area contributed by atoms with Crippen LogP contribution in [0, 0.1) is 11.8 Å². The summed E-state index contributed by atoms with van der Waals surface area (Å²) < 4.78 is 27.9. The zero-order valence-electron chi connectivity index (χ0n) is 11.2. The molecule has 4 nitrogen and oxygen atoms in total. The molecule has 5 heteroatoms. The molecule has 0 saturated carbocycles. The van der Waals surface area contributed by atoms with Crippen molar-refractivity contribution in [2.45, 2.75) is 47.6 Å². The molecular formula is C11H25O4P. The zero-order chi connectivity index (χ0) is 12.8. The van der Waals surface area contributed by atoms with E-state index in [-0.39, 0.29) is 6.10 Å². The third-order valence-electron chi connectivity index (χ3n) is 1.47. The van der Waals surface area contributed by atoms with Gasteiger partial charge in [-0.3, -0.25) is 13.6 Å². The highest BCUT2D eigenvalue weighted by molar-refractivity contribution is 7.48. The Kier molecular flexibility index (Phi) is 7.49. The highest BCUT2D eigenvalue weighted by atomic mass is 31.2. The Labute approximate surface area is 99.3 Å². The van der Waals surface area contributed by atoms with E-state index in [1.807, 2.05) is 41.5 Å². The van der Waals surface area contributed by atoms with Gasteiger partial charge in [0.05, 0.1) is 19.3 Å². The number of hydrogen-bond donors (Lipinski definition) is 0. The van der Waals surface area contributed by atoms with Gasteiger partial charge in [0.25, 0.3) is 0 Å². The zero-order valence-corrected chi connectivity index (χ0v) is 12.1. The third-order valence-corrected chi connectivity index (χ3v) is 3.08. The van der Waals surface area contributed by atoms with Crippen LogP contribution in [-0.4, -0.2) is 19.3 Å². The van der Waals surface area contributed by atoms with E-state index in [0.29, 0.717) is 25.0 Å². The van der Waals surface area contributed by atoms with Crippen LogP contribution in [0.2, 0.25) is 0 Å². The largest absolute Gasteiger partial charge is 0.475 e. The first-order valence-electron chi connectivity index (χ1n) is 5.82. The summed E-state index contributed by atoms with van der Waals surface area (Å²) in [7, 11) is -3.38. The van der Waals surface area contributed by atoms with Crippen molar-refractivity contribution in [1.29, 1.82) is 0 Å². The van der Waals surface area contributed by atoms with Crippen molar-refractivity contribution in [2.75, 3.05) is 13.2 Å². The smallest absolute Gasteiger partial charge is 0.287 e. The average Bonchev–Trinajstić information content (AvgIpc) is 2.11. The lowest BCUT2D eigenvalue weighted by Crippen LogP contribution is -2.11. The van der Waals surface area contributed by atoms with Gasteiger partial charge in [-0.15, -0.1) is 0 Å². The van der Waals surface area contributed by atoms with Crippen molar-refractivity contribution in [1.82, 2.24) is 0 Å². The SMILES string of the molecule is CC(C)COP(=O)(OCC(C)C)OC(C)C. The van der Waals surface area contributed by atoms with Crippen LogP contribution in [-0.2, 0) is 18.1 Å². The van der Waals surface area contributed by atoms with E-state index in [4.69, 9.17) is 13.6 Å². The van der Waals surface area contributed by atoms with Crippen LogP contribution >= 0.6 is 7.82 Å². The molecule has 16 heavy (non-hydrogen) atoms. The topological polar surface area (TPSA) is 44.8 Å². The van der Waals surface area contributed by atoms with Crippen LogP contribution in [0.4, 0.5) is 0 Å². The monoisotopic (exact) mass is 252 g/mol. The molecule has 0 N–H and O–H groups in total. The number of rotatable bonds is 8. The second kappa shape index (κ2) is 7.44. The molecule has 0 amide bonds. The van der Waals surface area contributed by atoms with E-state index in [1.165, 1.54) is 0 Å². The molecule has 0 spiro atoms. The van der Waals surface area contributed by atoms with Gasteiger partial charge in [-0.05, 0) is 25.7 Å². The highest BCUT2D eigenvalue weighted by Gasteiger charge is 2.28. The second-order valence-electron chi connectivity index (χ2n) is 4.98. The van der Waals surface area contributed by atoms with Crippen LogP contribution in [0.5, 0.6) is 0 Å². The third kappa shape index (κ3) is 8.28. The molecule has 0 aromatic heterocycles. The maximum atomic E-state index is 12.2. The lowest BCUT2D eigenvalue weighted by Gasteiger charge is -2.21. The van der Waals surface area contributed by atoms with Crippen molar-refractivity contribution in [2.24, 2.45) is 11.8 Å². The van der Waals surface area contributed by atoms with Gasteiger partial charge in [-0.2, -0.15) is 0 Å². The van der Waals surface area contributed by atoms with Gasteiger partial charge in [0, 0.05) is 0 Å². The van der Waals surface area contributed by atoms with E-state index in [9.17, 15) is 4.57 Å². The fourth-order valence-electron chi connectivity index (χ4n) is 0.837. The minimum Gasteiger partial charge on any atom is -0.287 e.